The molecule has 0 bridgehead atoms. The van der Waals surface area contributed by atoms with E-state index in [1.165, 1.54) is 0 Å². The molecule has 1 aliphatic heterocycles. The molecule has 0 spiro atoms. The van der Waals surface area contributed by atoms with Crippen LogP contribution < -0.4 is 5.32 Å². The van der Waals surface area contributed by atoms with Gasteiger partial charge in [0.05, 0.1) is 11.9 Å². The van der Waals surface area contributed by atoms with Gasteiger partial charge >= 0.3 is 0 Å². The molecule has 1 amide bonds. The molecule has 0 saturated carbocycles. The van der Waals surface area contributed by atoms with Gasteiger partial charge in [0.2, 0.25) is 0 Å². The van der Waals surface area contributed by atoms with Crippen LogP contribution in [0.4, 0.5) is 5.69 Å². The third-order valence-corrected chi connectivity index (χ3v) is 4.05. The minimum absolute atomic E-state index is 0.0730. The normalized spacial score (nSPS) is 22.1. The number of hydrogen-bond acceptors (Lipinski definition) is 3. The lowest BCUT2D eigenvalue weighted by Gasteiger charge is -2.27. The van der Waals surface area contributed by atoms with E-state index in [1.54, 1.807) is 6.20 Å². The molecule has 4 nitrogen and oxygen atoms in total. The van der Waals surface area contributed by atoms with Gasteiger partial charge in [-0.25, -0.2) is 4.98 Å². The molecular formula is C16H25N3O. The molecule has 1 N–H and O–H groups in total. The van der Waals surface area contributed by atoms with Gasteiger partial charge in [0.15, 0.2) is 0 Å². The second-order valence-corrected chi connectivity index (χ2v) is 5.56. The molecule has 0 aromatic carbocycles. The molecule has 1 aliphatic rings. The van der Waals surface area contributed by atoms with Crippen molar-refractivity contribution in [3.63, 3.8) is 0 Å². The van der Waals surface area contributed by atoms with E-state index in [-0.39, 0.29) is 5.91 Å². The maximum atomic E-state index is 12.6. The fourth-order valence-electron chi connectivity index (χ4n) is 2.87. The summed E-state index contributed by atoms with van der Waals surface area (Å²) < 4.78 is 0. The highest BCUT2D eigenvalue weighted by atomic mass is 16.2. The van der Waals surface area contributed by atoms with Crippen LogP contribution in [0.2, 0.25) is 0 Å². The first-order chi connectivity index (χ1) is 9.67. The second kappa shape index (κ2) is 6.73. The Labute approximate surface area is 121 Å². The first kappa shape index (κ1) is 14.8. The van der Waals surface area contributed by atoms with Crippen LogP contribution in [0.5, 0.6) is 0 Å². The monoisotopic (exact) mass is 275 g/mol. The Morgan fingerprint density at radius 1 is 1.40 bits per heavy atom. The molecule has 1 aromatic rings. The molecule has 0 aliphatic carbocycles. The topological polar surface area (TPSA) is 45.2 Å². The lowest BCUT2D eigenvalue weighted by molar-refractivity contribution is 0.0670. The van der Waals surface area contributed by atoms with E-state index < -0.39 is 0 Å². The highest BCUT2D eigenvalue weighted by Gasteiger charge is 2.34. The maximum Gasteiger partial charge on any atom is 0.272 e. The highest BCUT2D eigenvalue weighted by Crippen LogP contribution is 2.27. The van der Waals surface area contributed by atoms with Crippen molar-refractivity contribution in [2.24, 2.45) is 0 Å². The number of nitrogens with zero attached hydrogens (tertiary/aromatic N) is 2. The molecule has 1 aromatic heterocycles. The number of pyridine rings is 1. The summed E-state index contributed by atoms with van der Waals surface area (Å²) in [5.41, 5.74) is 1.53. The third kappa shape index (κ3) is 3.11. The predicted octanol–water partition coefficient (Wildman–Crippen LogP) is 3.31. The van der Waals surface area contributed by atoms with Crippen molar-refractivity contribution in [2.75, 3.05) is 11.9 Å². The van der Waals surface area contributed by atoms with Gasteiger partial charge in [-0.1, -0.05) is 13.8 Å². The summed E-state index contributed by atoms with van der Waals surface area (Å²) >= 11 is 0. The molecule has 1 saturated heterocycles. The largest absolute Gasteiger partial charge is 0.384 e. The summed E-state index contributed by atoms with van der Waals surface area (Å²) in [4.78, 5) is 18.9. The standard InChI is InChI=1S/C16H25N3O/c1-4-10-17-13-7-9-15(18-11-13)16(20)19-12(3)6-8-14(19)5-2/h7,9,11-12,14,17H,4-6,8,10H2,1-3H3. The van der Waals surface area contributed by atoms with E-state index in [1.807, 2.05) is 17.0 Å². The van der Waals surface area contributed by atoms with E-state index in [4.69, 9.17) is 0 Å². The Morgan fingerprint density at radius 2 is 2.20 bits per heavy atom. The van der Waals surface area contributed by atoms with Crippen LogP contribution in [0.25, 0.3) is 0 Å². The Morgan fingerprint density at radius 3 is 2.80 bits per heavy atom. The number of aromatic nitrogens is 1. The number of likely N-dealkylation sites (tertiary alicyclic amines) is 1. The molecular weight excluding hydrogens is 250 g/mol. The molecule has 4 heteroatoms. The first-order valence-electron chi connectivity index (χ1n) is 7.70. The first-order valence-corrected chi connectivity index (χ1v) is 7.70. The summed E-state index contributed by atoms with van der Waals surface area (Å²) in [6.45, 7) is 7.33. The van der Waals surface area contributed by atoms with Crippen LogP contribution in [-0.2, 0) is 0 Å². The summed E-state index contributed by atoms with van der Waals surface area (Å²) in [5.74, 6) is 0.0730. The number of carbonyl (C=O) groups excluding carboxylic acids is 1. The van der Waals surface area contributed by atoms with Crippen LogP contribution in [0, 0.1) is 0 Å². The SMILES string of the molecule is CCCNc1ccc(C(=O)N2C(C)CCC2CC)nc1. The average molecular weight is 275 g/mol. The van der Waals surface area contributed by atoms with Gasteiger partial charge in [-0.3, -0.25) is 4.79 Å². The van der Waals surface area contributed by atoms with Crippen molar-refractivity contribution < 1.29 is 4.79 Å². The van der Waals surface area contributed by atoms with Gasteiger partial charge in [0.25, 0.3) is 5.91 Å². The zero-order valence-corrected chi connectivity index (χ0v) is 12.7. The number of hydrogen-bond donors (Lipinski definition) is 1. The molecule has 2 unspecified atom stereocenters. The predicted molar refractivity (Wildman–Crippen MR) is 82.0 cm³/mol. The van der Waals surface area contributed by atoms with Gasteiger partial charge in [0, 0.05) is 18.6 Å². The Kier molecular flexibility index (Phi) is 4.99. The number of anilines is 1. The van der Waals surface area contributed by atoms with Crippen molar-refractivity contribution in [3.05, 3.63) is 24.0 Å². The minimum atomic E-state index is 0.0730. The molecule has 2 atom stereocenters. The molecule has 110 valence electrons. The Bertz CT molecular complexity index is 444. The maximum absolute atomic E-state index is 12.6. The van der Waals surface area contributed by atoms with Crippen molar-refractivity contribution in [1.82, 2.24) is 9.88 Å². The van der Waals surface area contributed by atoms with E-state index in [0.29, 0.717) is 17.8 Å². The van der Waals surface area contributed by atoms with E-state index >= 15 is 0 Å². The highest BCUT2D eigenvalue weighted by molar-refractivity contribution is 5.93. The summed E-state index contributed by atoms with van der Waals surface area (Å²) in [6, 6.07) is 4.47. The van der Waals surface area contributed by atoms with Gasteiger partial charge in [-0.2, -0.15) is 0 Å². The van der Waals surface area contributed by atoms with Crippen molar-refractivity contribution in [3.8, 4) is 0 Å². The van der Waals surface area contributed by atoms with Crippen LogP contribution in [-0.4, -0.2) is 34.4 Å². The van der Waals surface area contributed by atoms with Crippen molar-refractivity contribution >= 4 is 11.6 Å². The third-order valence-electron chi connectivity index (χ3n) is 4.05. The number of amides is 1. The van der Waals surface area contributed by atoms with E-state index in [9.17, 15) is 4.79 Å². The van der Waals surface area contributed by atoms with E-state index in [0.717, 1.165) is 37.9 Å². The smallest absolute Gasteiger partial charge is 0.272 e. The average Bonchev–Trinajstić information content (AvgIpc) is 2.86. The van der Waals surface area contributed by atoms with Gasteiger partial charge in [-0.15, -0.1) is 0 Å². The quantitative estimate of drug-likeness (QED) is 0.896. The number of carbonyl (C=O) groups is 1. The fraction of sp³-hybridized carbons (Fsp3) is 0.625. The molecule has 2 rings (SSSR count). The van der Waals surface area contributed by atoms with Crippen molar-refractivity contribution in [1.29, 1.82) is 0 Å². The minimum Gasteiger partial charge on any atom is -0.384 e. The molecule has 2 heterocycles. The summed E-state index contributed by atoms with van der Waals surface area (Å²) in [7, 11) is 0. The summed E-state index contributed by atoms with van der Waals surface area (Å²) in [5, 5.41) is 3.27. The van der Waals surface area contributed by atoms with Crippen LogP contribution in [0.15, 0.2) is 18.3 Å². The van der Waals surface area contributed by atoms with Crippen molar-refractivity contribution in [2.45, 2.75) is 58.5 Å². The van der Waals surface area contributed by atoms with E-state index in [2.05, 4.69) is 31.1 Å². The van der Waals surface area contributed by atoms with Crippen LogP contribution >= 0.6 is 0 Å². The lowest BCUT2D eigenvalue weighted by atomic mass is 10.1. The fourth-order valence-corrected chi connectivity index (χ4v) is 2.87. The molecule has 1 fully saturated rings. The Balaban J connectivity index is 2.08. The zero-order chi connectivity index (χ0) is 14.5. The molecule has 20 heavy (non-hydrogen) atoms. The summed E-state index contributed by atoms with van der Waals surface area (Å²) in [6.07, 6.45) is 6.06. The van der Waals surface area contributed by atoms with Gasteiger partial charge < -0.3 is 10.2 Å². The number of rotatable bonds is 5. The second-order valence-electron chi connectivity index (χ2n) is 5.56. The molecule has 0 radical (unpaired) electrons. The van der Waals surface area contributed by atoms with Crippen LogP contribution in [0.1, 0.15) is 56.9 Å². The Hall–Kier alpha value is -1.58. The van der Waals surface area contributed by atoms with Gasteiger partial charge in [-0.05, 0) is 44.7 Å². The zero-order valence-electron chi connectivity index (χ0n) is 12.7. The van der Waals surface area contributed by atoms with Gasteiger partial charge in [0.1, 0.15) is 5.69 Å². The van der Waals surface area contributed by atoms with Crippen LogP contribution in [0.3, 0.4) is 0 Å². The lowest BCUT2D eigenvalue weighted by Crippen LogP contribution is -2.40. The number of nitrogens with one attached hydrogen (secondary N) is 1.